The summed E-state index contributed by atoms with van der Waals surface area (Å²) in [6.07, 6.45) is 2.82. The first-order valence-corrected chi connectivity index (χ1v) is 5.57. The molecule has 0 bridgehead atoms. The second kappa shape index (κ2) is 3.88. The Morgan fingerprint density at radius 3 is 2.94 bits per heavy atom. The molecule has 18 heavy (non-hydrogen) atoms. The molecule has 0 aromatic carbocycles. The molecule has 3 aromatic heterocycles. The molecule has 0 spiro atoms. The third-order valence-corrected chi connectivity index (χ3v) is 2.66. The Hall–Kier alpha value is -2.28. The Morgan fingerprint density at radius 2 is 2.22 bits per heavy atom. The smallest absolute Gasteiger partial charge is 0.168 e. The second-order valence-corrected chi connectivity index (χ2v) is 4.09. The van der Waals surface area contributed by atoms with E-state index < -0.39 is 6.10 Å². The first-order chi connectivity index (χ1) is 8.65. The molecule has 3 aromatic rings. The van der Waals surface area contributed by atoms with Crippen LogP contribution in [0.4, 0.5) is 0 Å². The molecule has 0 radical (unpaired) electrons. The van der Waals surface area contributed by atoms with Crippen molar-refractivity contribution in [2.75, 3.05) is 0 Å². The van der Waals surface area contributed by atoms with E-state index in [9.17, 15) is 5.11 Å². The number of fused-ring (bicyclic) bond motifs is 1. The van der Waals surface area contributed by atoms with Crippen LogP contribution in [0.25, 0.3) is 16.9 Å². The molecular formula is C11H12N6O. The monoisotopic (exact) mass is 244 g/mol. The van der Waals surface area contributed by atoms with Gasteiger partial charge in [-0.2, -0.15) is 10.2 Å². The number of hydrogen-bond acceptors (Lipinski definition) is 5. The van der Waals surface area contributed by atoms with Gasteiger partial charge in [-0.1, -0.05) is 0 Å². The lowest BCUT2D eigenvalue weighted by Gasteiger charge is -2.03. The lowest BCUT2D eigenvalue weighted by atomic mass is 10.3. The standard InChI is InChI=1S/C11H12N6O/c1-6(18)9-3-4-17(16-9)11-8-5-12-15-10(8)13-7(2)14-11/h3-6,18H,1-2H3,(H,12,13,14,15)/t6-/m1/s1. The summed E-state index contributed by atoms with van der Waals surface area (Å²) in [4.78, 5) is 8.61. The Kier molecular flexibility index (Phi) is 2.34. The van der Waals surface area contributed by atoms with Gasteiger partial charge in [0.1, 0.15) is 5.82 Å². The maximum absolute atomic E-state index is 9.48. The first kappa shape index (κ1) is 10.8. The van der Waals surface area contributed by atoms with Crippen LogP contribution in [0.2, 0.25) is 0 Å². The zero-order valence-corrected chi connectivity index (χ0v) is 9.99. The number of aliphatic hydroxyl groups excluding tert-OH is 1. The molecule has 0 saturated carbocycles. The quantitative estimate of drug-likeness (QED) is 0.698. The molecular weight excluding hydrogens is 232 g/mol. The van der Waals surface area contributed by atoms with Crippen molar-refractivity contribution in [3.63, 3.8) is 0 Å². The first-order valence-electron chi connectivity index (χ1n) is 5.57. The number of nitrogens with one attached hydrogen (secondary N) is 1. The van der Waals surface area contributed by atoms with Gasteiger partial charge in [0, 0.05) is 6.20 Å². The van der Waals surface area contributed by atoms with Crippen LogP contribution in [0, 0.1) is 6.92 Å². The topological polar surface area (TPSA) is 92.5 Å². The largest absolute Gasteiger partial charge is 0.387 e. The van der Waals surface area contributed by atoms with Crippen LogP contribution in [-0.2, 0) is 0 Å². The molecule has 7 nitrogen and oxygen atoms in total. The molecule has 0 unspecified atom stereocenters. The summed E-state index contributed by atoms with van der Waals surface area (Å²) in [5.41, 5.74) is 1.27. The highest BCUT2D eigenvalue weighted by atomic mass is 16.3. The highest BCUT2D eigenvalue weighted by Crippen LogP contribution is 2.18. The normalized spacial score (nSPS) is 13.1. The van der Waals surface area contributed by atoms with Gasteiger partial charge < -0.3 is 5.11 Å². The van der Waals surface area contributed by atoms with Gasteiger partial charge in [0.2, 0.25) is 0 Å². The molecule has 3 rings (SSSR count). The third kappa shape index (κ3) is 1.65. The van der Waals surface area contributed by atoms with E-state index in [4.69, 9.17) is 0 Å². The van der Waals surface area contributed by atoms with E-state index >= 15 is 0 Å². The lowest BCUT2D eigenvalue weighted by molar-refractivity contribution is 0.193. The Morgan fingerprint density at radius 1 is 1.39 bits per heavy atom. The van der Waals surface area contributed by atoms with Crippen LogP contribution in [0.15, 0.2) is 18.5 Å². The summed E-state index contributed by atoms with van der Waals surface area (Å²) in [5.74, 6) is 1.29. The van der Waals surface area contributed by atoms with Crippen molar-refractivity contribution in [3.05, 3.63) is 30.0 Å². The Labute approximate surface area is 103 Å². The molecule has 7 heteroatoms. The molecule has 0 fully saturated rings. The van der Waals surface area contributed by atoms with Crippen LogP contribution < -0.4 is 0 Å². The fraction of sp³-hybridized carbons (Fsp3) is 0.273. The van der Waals surface area contributed by atoms with Crippen LogP contribution in [0.3, 0.4) is 0 Å². The SMILES string of the molecule is Cc1nc(-n2ccc([C@@H](C)O)n2)c2cn[nH]c2n1. The molecule has 0 amide bonds. The average Bonchev–Trinajstić information content (AvgIpc) is 2.95. The van der Waals surface area contributed by atoms with E-state index in [0.717, 1.165) is 5.39 Å². The summed E-state index contributed by atoms with van der Waals surface area (Å²) in [6, 6.07) is 1.76. The van der Waals surface area contributed by atoms with E-state index in [1.165, 1.54) is 0 Å². The predicted molar refractivity (Wildman–Crippen MR) is 64.2 cm³/mol. The van der Waals surface area contributed by atoms with Crippen molar-refractivity contribution in [1.82, 2.24) is 29.9 Å². The second-order valence-electron chi connectivity index (χ2n) is 4.09. The molecule has 1 atom stereocenters. The third-order valence-electron chi connectivity index (χ3n) is 2.66. The summed E-state index contributed by atoms with van der Waals surface area (Å²) in [6.45, 7) is 3.48. The zero-order chi connectivity index (χ0) is 12.7. The molecule has 0 aliphatic rings. The van der Waals surface area contributed by atoms with E-state index in [1.54, 1.807) is 30.1 Å². The average molecular weight is 244 g/mol. The van der Waals surface area contributed by atoms with Gasteiger partial charge in [0.15, 0.2) is 11.5 Å². The van der Waals surface area contributed by atoms with Gasteiger partial charge in [0.25, 0.3) is 0 Å². The Bertz CT molecular complexity index is 698. The van der Waals surface area contributed by atoms with Crippen molar-refractivity contribution in [2.45, 2.75) is 20.0 Å². The summed E-state index contributed by atoms with van der Waals surface area (Å²) >= 11 is 0. The highest BCUT2D eigenvalue weighted by molar-refractivity contribution is 5.81. The van der Waals surface area contributed by atoms with Gasteiger partial charge in [-0.25, -0.2) is 14.6 Å². The molecule has 0 aliphatic heterocycles. The number of rotatable bonds is 2. The zero-order valence-electron chi connectivity index (χ0n) is 9.99. The molecule has 3 heterocycles. The minimum atomic E-state index is -0.603. The number of H-pyrrole nitrogens is 1. The van der Waals surface area contributed by atoms with Crippen LogP contribution in [0.5, 0.6) is 0 Å². The van der Waals surface area contributed by atoms with Gasteiger partial charge in [0.05, 0.1) is 23.4 Å². The highest BCUT2D eigenvalue weighted by Gasteiger charge is 2.12. The summed E-state index contributed by atoms with van der Waals surface area (Å²) < 4.78 is 1.62. The number of aliphatic hydroxyl groups is 1. The number of hydrogen-bond donors (Lipinski definition) is 2. The van der Waals surface area contributed by atoms with E-state index in [1.807, 2.05) is 6.92 Å². The van der Waals surface area contributed by atoms with Gasteiger partial charge in [-0.3, -0.25) is 5.10 Å². The predicted octanol–water partition coefficient (Wildman–Crippen LogP) is 0.900. The van der Waals surface area contributed by atoms with Crippen LogP contribution in [0.1, 0.15) is 24.5 Å². The van der Waals surface area contributed by atoms with Crippen LogP contribution >= 0.6 is 0 Å². The number of aryl methyl sites for hydroxylation is 1. The van der Waals surface area contributed by atoms with Gasteiger partial charge in [-0.15, -0.1) is 0 Å². The summed E-state index contributed by atoms with van der Waals surface area (Å²) in [5, 5.41) is 21.3. The van der Waals surface area contributed by atoms with Crippen molar-refractivity contribution >= 4 is 11.0 Å². The van der Waals surface area contributed by atoms with E-state index in [0.29, 0.717) is 23.0 Å². The minimum Gasteiger partial charge on any atom is -0.387 e. The van der Waals surface area contributed by atoms with Crippen molar-refractivity contribution < 1.29 is 5.11 Å². The Balaban J connectivity index is 2.20. The summed E-state index contributed by atoms with van der Waals surface area (Å²) in [7, 11) is 0. The van der Waals surface area contributed by atoms with E-state index in [2.05, 4.69) is 25.3 Å². The number of aromatic amines is 1. The van der Waals surface area contributed by atoms with Crippen molar-refractivity contribution in [2.24, 2.45) is 0 Å². The fourth-order valence-electron chi connectivity index (χ4n) is 1.78. The van der Waals surface area contributed by atoms with Gasteiger partial charge >= 0.3 is 0 Å². The molecule has 92 valence electrons. The van der Waals surface area contributed by atoms with E-state index in [-0.39, 0.29) is 0 Å². The molecule has 0 saturated heterocycles. The molecule has 2 N–H and O–H groups in total. The minimum absolute atomic E-state index is 0.600. The lowest BCUT2D eigenvalue weighted by Crippen LogP contribution is -2.03. The van der Waals surface area contributed by atoms with Gasteiger partial charge in [-0.05, 0) is 19.9 Å². The van der Waals surface area contributed by atoms with Crippen LogP contribution in [-0.4, -0.2) is 35.1 Å². The molecule has 0 aliphatic carbocycles. The fourth-order valence-corrected chi connectivity index (χ4v) is 1.78. The maximum atomic E-state index is 9.48. The maximum Gasteiger partial charge on any atom is 0.168 e. The number of nitrogens with zero attached hydrogens (tertiary/aromatic N) is 5. The van der Waals surface area contributed by atoms with Crippen molar-refractivity contribution in [3.8, 4) is 5.82 Å². The van der Waals surface area contributed by atoms with Crippen molar-refractivity contribution in [1.29, 1.82) is 0 Å². The number of aromatic nitrogens is 6.